The molecule has 2 rings (SSSR count). The van der Waals surface area contributed by atoms with Crippen molar-refractivity contribution < 1.29 is 8.78 Å². The molecule has 0 saturated carbocycles. The van der Waals surface area contributed by atoms with E-state index in [1.54, 1.807) is 24.3 Å². The molecule has 0 unspecified atom stereocenters. The van der Waals surface area contributed by atoms with E-state index in [2.05, 4.69) is 25.5 Å². The standard InChI is InChI=1S/C9H5BrF2N2S/c10-6-3-1-5(2-4-6)7-8(9(11)12)15-14-13-7/h1-4,9H. The molecule has 0 aliphatic heterocycles. The number of rotatable bonds is 2. The quantitative estimate of drug-likeness (QED) is 0.838. The van der Waals surface area contributed by atoms with Gasteiger partial charge in [0, 0.05) is 10.0 Å². The second kappa shape index (κ2) is 4.32. The summed E-state index contributed by atoms with van der Waals surface area (Å²) in [4.78, 5) is -0.0858. The van der Waals surface area contributed by atoms with Crippen LogP contribution in [0.4, 0.5) is 8.78 Å². The third kappa shape index (κ3) is 2.21. The third-order valence-electron chi connectivity index (χ3n) is 1.83. The third-order valence-corrected chi connectivity index (χ3v) is 3.09. The van der Waals surface area contributed by atoms with Gasteiger partial charge in [-0.15, -0.1) is 5.10 Å². The van der Waals surface area contributed by atoms with Gasteiger partial charge in [0.05, 0.1) is 0 Å². The summed E-state index contributed by atoms with van der Waals surface area (Å²) < 4.78 is 29.5. The minimum atomic E-state index is -2.52. The zero-order chi connectivity index (χ0) is 10.8. The van der Waals surface area contributed by atoms with Gasteiger partial charge in [0.25, 0.3) is 6.43 Å². The number of hydrogen-bond donors (Lipinski definition) is 0. The fourth-order valence-electron chi connectivity index (χ4n) is 1.15. The van der Waals surface area contributed by atoms with Gasteiger partial charge in [-0.1, -0.05) is 32.6 Å². The molecule has 6 heteroatoms. The minimum Gasteiger partial charge on any atom is -0.204 e. The van der Waals surface area contributed by atoms with Crippen LogP contribution in [-0.2, 0) is 0 Å². The summed E-state index contributed by atoms with van der Waals surface area (Å²) in [5.41, 5.74) is 0.921. The van der Waals surface area contributed by atoms with Crippen LogP contribution in [0.1, 0.15) is 11.3 Å². The van der Waals surface area contributed by atoms with Gasteiger partial charge in [-0.2, -0.15) is 0 Å². The molecule has 0 aliphatic rings. The van der Waals surface area contributed by atoms with Gasteiger partial charge in [-0.25, -0.2) is 8.78 Å². The molecule has 2 nitrogen and oxygen atoms in total. The minimum absolute atomic E-state index is 0.0858. The lowest BCUT2D eigenvalue weighted by atomic mass is 10.1. The van der Waals surface area contributed by atoms with E-state index in [1.807, 2.05) is 0 Å². The first-order valence-corrected chi connectivity index (χ1v) is 5.61. The highest BCUT2D eigenvalue weighted by Crippen LogP contribution is 2.32. The average molecular weight is 291 g/mol. The summed E-state index contributed by atoms with van der Waals surface area (Å²) in [5.74, 6) is 0. The van der Waals surface area contributed by atoms with E-state index in [0.29, 0.717) is 5.56 Å². The van der Waals surface area contributed by atoms with Crippen LogP contribution in [0.3, 0.4) is 0 Å². The average Bonchev–Trinajstić information content (AvgIpc) is 2.67. The van der Waals surface area contributed by atoms with E-state index in [1.165, 1.54) is 0 Å². The predicted molar refractivity (Wildman–Crippen MR) is 58.0 cm³/mol. The van der Waals surface area contributed by atoms with Crippen LogP contribution in [0, 0.1) is 0 Å². The molecule has 1 aromatic carbocycles. The van der Waals surface area contributed by atoms with Gasteiger partial charge in [0.15, 0.2) is 0 Å². The van der Waals surface area contributed by atoms with E-state index in [0.717, 1.165) is 16.0 Å². The lowest BCUT2D eigenvalue weighted by Crippen LogP contribution is -1.85. The normalized spacial score (nSPS) is 10.9. The van der Waals surface area contributed by atoms with Gasteiger partial charge >= 0.3 is 0 Å². The lowest BCUT2D eigenvalue weighted by Gasteiger charge is -1.99. The van der Waals surface area contributed by atoms with Gasteiger partial charge in [-0.3, -0.25) is 0 Å². The highest BCUT2D eigenvalue weighted by Gasteiger charge is 2.18. The van der Waals surface area contributed by atoms with Crippen LogP contribution < -0.4 is 0 Å². The van der Waals surface area contributed by atoms with Crippen LogP contribution in [0.15, 0.2) is 28.7 Å². The molecule has 15 heavy (non-hydrogen) atoms. The van der Waals surface area contributed by atoms with Gasteiger partial charge in [0.2, 0.25) is 0 Å². The number of benzene rings is 1. The van der Waals surface area contributed by atoms with Gasteiger partial charge in [0.1, 0.15) is 10.6 Å². The van der Waals surface area contributed by atoms with Crippen molar-refractivity contribution in [3.8, 4) is 11.3 Å². The molecule has 1 aromatic heterocycles. The molecular formula is C9H5BrF2N2S. The Balaban J connectivity index is 2.45. The Bertz CT molecular complexity index is 455. The lowest BCUT2D eigenvalue weighted by molar-refractivity contribution is 0.156. The number of aromatic nitrogens is 2. The zero-order valence-electron chi connectivity index (χ0n) is 7.32. The maximum Gasteiger partial charge on any atom is 0.276 e. The largest absolute Gasteiger partial charge is 0.276 e. The molecule has 0 amide bonds. The number of halogens is 3. The monoisotopic (exact) mass is 290 g/mol. The first kappa shape index (κ1) is 10.6. The van der Waals surface area contributed by atoms with Crippen molar-refractivity contribution in [3.05, 3.63) is 33.6 Å². The molecule has 78 valence electrons. The zero-order valence-corrected chi connectivity index (χ0v) is 9.73. The van der Waals surface area contributed by atoms with Crippen LogP contribution in [0.5, 0.6) is 0 Å². The summed E-state index contributed by atoms with van der Waals surface area (Å²) in [6, 6.07) is 7.02. The van der Waals surface area contributed by atoms with Crippen LogP contribution >= 0.6 is 27.5 Å². The maximum atomic E-state index is 12.5. The molecule has 0 fully saturated rings. The van der Waals surface area contributed by atoms with E-state index >= 15 is 0 Å². The molecule has 0 N–H and O–H groups in total. The van der Waals surface area contributed by atoms with Crippen molar-refractivity contribution in [1.29, 1.82) is 0 Å². The first-order chi connectivity index (χ1) is 7.18. The van der Waals surface area contributed by atoms with Crippen LogP contribution in [0.2, 0.25) is 0 Å². The van der Waals surface area contributed by atoms with Gasteiger partial charge in [-0.05, 0) is 23.7 Å². The topological polar surface area (TPSA) is 25.8 Å². The highest BCUT2D eigenvalue weighted by atomic mass is 79.9. The Labute approximate surface area is 97.2 Å². The summed E-state index contributed by atoms with van der Waals surface area (Å²) in [6.07, 6.45) is -2.52. The van der Waals surface area contributed by atoms with Crippen molar-refractivity contribution in [2.24, 2.45) is 0 Å². The van der Waals surface area contributed by atoms with E-state index in [4.69, 9.17) is 0 Å². The summed E-state index contributed by atoms with van der Waals surface area (Å²) in [7, 11) is 0. The molecule has 0 aliphatic carbocycles. The number of nitrogens with zero attached hydrogens (tertiary/aromatic N) is 2. The highest BCUT2D eigenvalue weighted by molar-refractivity contribution is 9.10. The van der Waals surface area contributed by atoms with Crippen LogP contribution in [0.25, 0.3) is 11.3 Å². The smallest absolute Gasteiger partial charge is 0.204 e. The van der Waals surface area contributed by atoms with Crippen molar-refractivity contribution in [1.82, 2.24) is 9.59 Å². The molecular weight excluding hydrogens is 286 g/mol. The molecule has 0 atom stereocenters. The summed E-state index contributed by atoms with van der Waals surface area (Å²) >= 11 is 4.01. The Morgan fingerprint density at radius 2 is 1.87 bits per heavy atom. The first-order valence-electron chi connectivity index (χ1n) is 4.05. The summed E-state index contributed by atoms with van der Waals surface area (Å²) in [5, 5.41) is 3.71. The second-order valence-corrected chi connectivity index (χ2v) is 4.49. The van der Waals surface area contributed by atoms with Crippen molar-refractivity contribution >= 4 is 27.5 Å². The maximum absolute atomic E-state index is 12.5. The van der Waals surface area contributed by atoms with Crippen molar-refractivity contribution in [2.75, 3.05) is 0 Å². The Hall–Kier alpha value is -0.880. The molecule has 0 bridgehead atoms. The Kier molecular flexibility index (Phi) is 3.06. The van der Waals surface area contributed by atoms with E-state index < -0.39 is 6.43 Å². The van der Waals surface area contributed by atoms with Gasteiger partial charge < -0.3 is 0 Å². The predicted octanol–water partition coefficient (Wildman–Crippen LogP) is 3.91. The second-order valence-electron chi connectivity index (χ2n) is 2.79. The SMILES string of the molecule is FC(F)c1snnc1-c1ccc(Br)cc1. The summed E-state index contributed by atoms with van der Waals surface area (Å²) in [6.45, 7) is 0. The van der Waals surface area contributed by atoms with E-state index in [-0.39, 0.29) is 10.6 Å². The van der Waals surface area contributed by atoms with Crippen molar-refractivity contribution in [3.63, 3.8) is 0 Å². The Morgan fingerprint density at radius 3 is 2.47 bits per heavy atom. The molecule has 1 heterocycles. The number of alkyl halides is 2. The number of hydrogen-bond acceptors (Lipinski definition) is 3. The van der Waals surface area contributed by atoms with E-state index in [9.17, 15) is 8.78 Å². The Morgan fingerprint density at radius 1 is 1.20 bits per heavy atom. The fraction of sp³-hybridized carbons (Fsp3) is 0.111. The molecule has 2 aromatic rings. The van der Waals surface area contributed by atoms with Crippen LogP contribution in [-0.4, -0.2) is 9.59 Å². The molecule has 0 radical (unpaired) electrons. The fourth-order valence-corrected chi connectivity index (χ4v) is 1.95. The molecule has 0 saturated heterocycles. The van der Waals surface area contributed by atoms with Crippen molar-refractivity contribution in [2.45, 2.75) is 6.43 Å². The molecule has 0 spiro atoms.